The highest BCUT2D eigenvalue weighted by Gasteiger charge is 2.22. The van der Waals surface area contributed by atoms with Gasteiger partial charge in [0.25, 0.3) is 5.56 Å². The van der Waals surface area contributed by atoms with Gasteiger partial charge in [0.05, 0.1) is 5.39 Å². The van der Waals surface area contributed by atoms with Gasteiger partial charge in [-0.15, -0.1) is 0 Å². The molecular formula is C22H24N4O2. The average Bonchev–Trinajstić information content (AvgIpc) is 2.69. The highest BCUT2D eigenvalue weighted by Crippen LogP contribution is 2.22. The van der Waals surface area contributed by atoms with E-state index < -0.39 is 6.04 Å². The Morgan fingerprint density at radius 1 is 1.25 bits per heavy atom. The number of benzene rings is 1. The van der Waals surface area contributed by atoms with Crippen molar-refractivity contribution in [3.8, 4) is 0 Å². The zero-order valence-electron chi connectivity index (χ0n) is 16.2. The lowest BCUT2D eigenvalue weighted by atomic mass is 9.95. The van der Waals surface area contributed by atoms with E-state index in [9.17, 15) is 9.59 Å². The summed E-state index contributed by atoms with van der Waals surface area (Å²) in [4.78, 5) is 35.0. The number of carbonyl (C=O) groups is 1. The van der Waals surface area contributed by atoms with Crippen LogP contribution in [0.2, 0.25) is 0 Å². The molecule has 1 amide bonds. The molecule has 2 heterocycles. The predicted octanol–water partition coefficient (Wildman–Crippen LogP) is 3.57. The summed E-state index contributed by atoms with van der Waals surface area (Å²) in [6, 6.07) is 8.91. The number of hydrogen-bond donors (Lipinski definition) is 1. The van der Waals surface area contributed by atoms with Crippen LogP contribution in [0.1, 0.15) is 49.0 Å². The fourth-order valence-electron chi connectivity index (χ4n) is 3.87. The van der Waals surface area contributed by atoms with Crippen LogP contribution in [-0.2, 0) is 17.6 Å². The van der Waals surface area contributed by atoms with Crippen molar-refractivity contribution >= 4 is 22.6 Å². The Morgan fingerprint density at radius 3 is 2.86 bits per heavy atom. The van der Waals surface area contributed by atoms with E-state index in [-0.39, 0.29) is 11.5 Å². The van der Waals surface area contributed by atoms with Gasteiger partial charge in [0.15, 0.2) is 5.65 Å². The molecule has 0 unspecified atom stereocenters. The van der Waals surface area contributed by atoms with Crippen molar-refractivity contribution in [1.82, 2.24) is 14.5 Å². The molecule has 1 aliphatic rings. The van der Waals surface area contributed by atoms with Gasteiger partial charge in [-0.2, -0.15) is 0 Å². The molecule has 0 saturated heterocycles. The van der Waals surface area contributed by atoms with Crippen molar-refractivity contribution < 1.29 is 4.79 Å². The minimum atomic E-state index is -0.624. The first-order valence-electron chi connectivity index (χ1n) is 9.84. The van der Waals surface area contributed by atoms with Crippen LogP contribution in [0.5, 0.6) is 0 Å². The number of pyridine rings is 1. The molecule has 6 heteroatoms. The van der Waals surface area contributed by atoms with Crippen LogP contribution in [0.4, 0.5) is 5.69 Å². The molecule has 1 aromatic carbocycles. The molecule has 0 bridgehead atoms. The number of anilines is 1. The molecule has 4 rings (SSSR count). The summed E-state index contributed by atoms with van der Waals surface area (Å²) in [6.45, 7) is 3.86. The van der Waals surface area contributed by atoms with E-state index in [1.165, 1.54) is 10.9 Å². The minimum Gasteiger partial charge on any atom is -0.324 e. The second kappa shape index (κ2) is 7.54. The number of aromatic nitrogens is 3. The molecule has 0 fully saturated rings. The number of aryl methyl sites for hydroxylation is 3. The van der Waals surface area contributed by atoms with Crippen LogP contribution >= 0.6 is 0 Å². The largest absolute Gasteiger partial charge is 0.324 e. The summed E-state index contributed by atoms with van der Waals surface area (Å²) < 4.78 is 1.43. The number of nitrogens with one attached hydrogen (secondary N) is 1. The van der Waals surface area contributed by atoms with Crippen LogP contribution in [0, 0.1) is 6.92 Å². The summed E-state index contributed by atoms with van der Waals surface area (Å²) in [7, 11) is 0. The molecule has 28 heavy (non-hydrogen) atoms. The summed E-state index contributed by atoms with van der Waals surface area (Å²) in [5.41, 5.74) is 4.22. The van der Waals surface area contributed by atoms with Crippen molar-refractivity contribution in [1.29, 1.82) is 0 Å². The lowest BCUT2D eigenvalue weighted by Gasteiger charge is -2.19. The summed E-state index contributed by atoms with van der Waals surface area (Å²) in [5, 5.41) is 3.41. The van der Waals surface area contributed by atoms with E-state index in [1.54, 1.807) is 0 Å². The Bertz CT molecular complexity index is 1100. The van der Waals surface area contributed by atoms with Gasteiger partial charge in [-0.25, -0.2) is 9.97 Å². The molecule has 2 aromatic heterocycles. The topological polar surface area (TPSA) is 76.9 Å². The van der Waals surface area contributed by atoms with Crippen LogP contribution in [0.25, 0.3) is 11.0 Å². The lowest BCUT2D eigenvalue weighted by molar-refractivity contribution is -0.119. The van der Waals surface area contributed by atoms with Gasteiger partial charge >= 0.3 is 0 Å². The van der Waals surface area contributed by atoms with Gasteiger partial charge in [0.1, 0.15) is 12.4 Å². The molecule has 6 nitrogen and oxygen atoms in total. The van der Waals surface area contributed by atoms with Crippen molar-refractivity contribution in [3.63, 3.8) is 0 Å². The van der Waals surface area contributed by atoms with Gasteiger partial charge in [0, 0.05) is 11.4 Å². The number of fused-ring (bicyclic) bond motifs is 2. The highest BCUT2D eigenvalue weighted by atomic mass is 16.2. The first kappa shape index (κ1) is 18.3. The van der Waals surface area contributed by atoms with E-state index in [0.29, 0.717) is 17.5 Å². The van der Waals surface area contributed by atoms with E-state index in [2.05, 4.69) is 15.3 Å². The first-order valence-corrected chi connectivity index (χ1v) is 9.84. The maximum Gasteiger partial charge on any atom is 0.263 e. The molecule has 1 N–H and O–H groups in total. The average molecular weight is 376 g/mol. The van der Waals surface area contributed by atoms with E-state index in [4.69, 9.17) is 0 Å². The third kappa shape index (κ3) is 3.42. The Balaban J connectivity index is 1.70. The minimum absolute atomic E-state index is 0.211. The zero-order chi connectivity index (χ0) is 19.7. The monoisotopic (exact) mass is 376 g/mol. The molecule has 1 atom stereocenters. The third-order valence-electron chi connectivity index (χ3n) is 5.36. The number of nitrogens with zero attached hydrogens (tertiary/aromatic N) is 3. The maximum absolute atomic E-state index is 13.1. The standard InChI is InChI=1S/C22H24N4O2/c1-3-19(21(27)24-16-9-6-7-14(2)11-16)26-13-23-20-17(22(26)28)12-15-8-4-5-10-18(15)25-20/h6-7,9,11-13,19H,3-5,8,10H2,1-2H3,(H,24,27)/t19-/m1/s1. The number of carbonyl (C=O) groups excluding carboxylic acids is 1. The summed E-state index contributed by atoms with van der Waals surface area (Å²) >= 11 is 0. The smallest absolute Gasteiger partial charge is 0.263 e. The van der Waals surface area contributed by atoms with Crippen LogP contribution in [0.15, 0.2) is 41.5 Å². The SMILES string of the molecule is CC[C@H](C(=O)Nc1cccc(C)c1)n1cnc2nc3c(cc2c1=O)CCCC3. The molecule has 0 aliphatic heterocycles. The molecule has 0 spiro atoms. The van der Waals surface area contributed by atoms with Gasteiger partial charge in [-0.05, 0) is 68.4 Å². The fraction of sp³-hybridized carbons (Fsp3) is 0.364. The Kier molecular flexibility index (Phi) is 4.94. The predicted molar refractivity (Wildman–Crippen MR) is 110 cm³/mol. The Labute approximate surface area is 163 Å². The Morgan fingerprint density at radius 2 is 2.07 bits per heavy atom. The fourth-order valence-corrected chi connectivity index (χ4v) is 3.87. The van der Waals surface area contributed by atoms with Crippen LogP contribution < -0.4 is 10.9 Å². The zero-order valence-corrected chi connectivity index (χ0v) is 16.2. The first-order chi connectivity index (χ1) is 13.6. The van der Waals surface area contributed by atoms with E-state index >= 15 is 0 Å². The quantitative estimate of drug-likeness (QED) is 0.755. The summed E-state index contributed by atoms with van der Waals surface area (Å²) in [6.07, 6.45) is 6.06. The molecule has 144 valence electrons. The van der Waals surface area contributed by atoms with Crippen molar-refractivity contribution in [3.05, 3.63) is 63.8 Å². The second-order valence-electron chi connectivity index (χ2n) is 7.41. The lowest BCUT2D eigenvalue weighted by Crippen LogP contribution is -2.33. The summed E-state index contributed by atoms with van der Waals surface area (Å²) in [5.74, 6) is -0.220. The molecule has 0 saturated carbocycles. The maximum atomic E-state index is 13.1. The number of rotatable bonds is 4. The van der Waals surface area contributed by atoms with E-state index in [1.807, 2.05) is 44.2 Å². The third-order valence-corrected chi connectivity index (χ3v) is 5.36. The van der Waals surface area contributed by atoms with Crippen LogP contribution in [-0.4, -0.2) is 20.4 Å². The van der Waals surface area contributed by atoms with Crippen molar-refractivity contribution in [2.45, 2.75) is 52.0 Å². The van der Waals surface area contributed by atoms with Gasteiger partial charge in [-0.1, -0.05) is 19.1 Å². The molecular weight excluding hydrogens is 352 g/mol. The van der Waals surface area contributed by atoms with Crippen LogP contribution in [0.3, 0.4) is 0 Å². The highest BCUT2D eigenvalue weighted by molar-refractivity contribution is 5.94. The Hall–Kier alpha value is -3.02. The van der Waals surface area contributed by atoms with E-state index in [0.717, 1.165) is 48.2 Å². The molecule has 0 radical (unpaired) electrons. The number of amides is 1. The normalized spacial score (nSPS) is 14.5. The van der Waals surface area contributed by atoms with Crippen molar-refractivity contribution in [2.24, 2.45) is 0 Å². The van der Waals surface area contributed by atoms with Gasteiger partial charge < -0.3 is 5.32 Å². The van der Waals surface area contributed by atoms with Gasteiger partial charge in [0.2, 0.25) is 5.91 Å². The second-order valence-corrected chi connectivity index (χ2v) is 7.41. The van der Waals surface area contributed by atoms with Crippen molar-refractivity contribution in [2.75, 3.05) is 5.32 Å². The number of hydrogen-bond acceptors (Lipinski definition) is 4. The molecule has 1 aliphatic carbocycles. The molecule has 3 aromatic rings. The van der Waals surface area contributed by atoms with Gasteiger partial charge in [-0.3, -0.25) is 14.2 Å².